The molecule has 0 spiro atoms. The van der Waals surface area contributed by atoms with E-state index in [0.29, 0.717) is 32.5 Å². The van der Waals surface area contributed by atoms with Gasteiger partial charge in [0.2, 0.25) is 5.91 Å². The topological polar surface area (TPSA) is 107 Å². The number of allylic oxidation sites excluding steroid dienone is 1. The van der Waals surface area contributed by atoms with Crippen molar-refractivity contribution in [2.45, 2.75) is 39.4 Å². The molecule has 3 aromatic rings. The van der Waals surface area contributed by atoms with Crippen molar-refractivity contribution in [1.29, 1.82) is 0 Å². The van der Waals surface area contributed by atoms with E-state index in [1.807, 2.05) is 20.8 Å². The number of aryl methyl sites for hydroxylation is 3. The van der Waals surface area contributed by atoms with Gasteiger partial charge < -0.3 is 11.1 Å². The zero-order chi connectivity index (χ0) is 22.2. The molecule has 0 unspecified atom stereocenters. The zero-order valence-corrected chi connectivity index (χ0v) is 19.6. The molecule has 0 saturated carbocycles. The van der Waals surface area contributed by atoms with E-state index in [-0.39, 0.29) is 17.2 Å². The van der Waals surface area contributed by atoms with Gasteiger partial charge in [0.25, 0.3) is 11.5 Å². The molecule has 30 heavy (non-hydrogen) atoms. The Balaban J connectivity index is 1.87. The molecular weight excluding hydrogens is 440 g/mol. The molecule has 10 heteroatoms. The monoisotopic (exact) mass is 462 g/mol. The Kier molecular flexibility index (Phi) is 6.49. The van der Waals surface area contributed by atoms with Crippen LogP contribution >= 0.6 is 34.4 Å². The molecular formula is C20H22N4O3S3. The van der Waals surface area contributed by atoms with Crippen molar-refractivity contribution in [2.24, 2.45) is 5.73 Å². The smallest absolute Gasteiger partial charge is 0.263 e. The van der Waals surface area contributed by atoms with Crippen molar-refractivity contribution in [3.63, 3.8) is 0 Å². The molecule has 3 rings (SSSR count). The first-order valence-electron chi connectivity index (χ1n) is 9.09. The molecule has 0 aliphatic carbocycles. The lowest BCUT2D eigenvalue weighted by Crippen LogP contribution is -2.24. The van der Waals surface area contributed by atoms with E-state index in [9.17, 15) is 14.4 Å². The predicted molar refractivity (Wildman–Crippen MR) is 125 cm³/mol. The largest absolute Gasteiger partial charge is 0.365 e. The number of anilines is 1. The van der Waals surface area contributed by atoms with Crippen LogP contribution in [-0.2, 0) is 11.3 Å². The second-order valence-corrected chi connectivity index (χ2v) is 10.1. The molecule has 3 N–H and O–H groups in total. The van der Waals surface area contributed by atoms with Crippen LogP contribution in [0.2, 0.25) is 0 Å². The van der Waals surface area contributed by atoms with Crippen molar-refractivity contribution in [2.75, 3.05) is 11.1 Å². The van der Waals surface area contributed by atoms with Crippen molar-refractivity contribution >= 4 is 61.5 Å². The van der Waals surface area contributed by atoms with Gasteiger partial charge in [-0.3, -0.25) is 19.0 Å². The third kappa shape index (κ3) is 4.07. The lowest BCUT2D eigenvalue weighted by Gasteiger charge is -2.10. The third-order valence-electron chi connectivity index (χ3n) is 4.78. The molecule has 158 valence electrons. The van der Waals surface area contributed by atoms with Gasteiger partial charge in [0, 0.05) is 16.3 Å². The Bertz CT molecular complexity index is 1240. The summed E-state index contributed by atoms with van der Waals surface area (Å²) in [5.41, 5.74) is 7.37. The van der Waals surface area contributed by atoms with Crippen LogP contribution in [-0.4, -0.2) is 27.1 Å². The highest BCUT2D eigenvalue weighted by Gasteiger charge is 2.20. The normalized spacial score (nSPS) is 11.1. The molecule has 3 aromatic heterocycles. The van der Waals surface area contributed by atoms with Gasteiger partial charge in [-0.05, 0) is 38.8 Å². The summed E-state index contributed by atoms with van der Waals surface area (Å²) < 4.78 is 1.53. The molecule has 0 saturated heterocycles. The molecule has 0 aliphatic rings. The van der Waals surface area contributed by atoms with Gasteiger partial charge >= 0.3 is 0 Å². The number of thiophene rings is 2. The predicted octanol–water partition coefficient (Wildman–Crippen LogP) is 3.77. The first-order valence-corrected chi connectivity index (χ1v) is 11.7. The Morgan fingerprint density at radius 3 is 2.50 bits per heavy atom. The van der Waals surface area contributed by atoms with Crippen LogP contribution in [0.1, 0.15) is 31.2 Å². The van der Waals surface area contributed by atoms with Crippen molar-refractivity contribution in [1.82, 2.24) is 9.55 Å². The minimum atomic E-state index is -0.574. The van der Waals surface area contributed by atoms with Crippen LogP contribution in [0, 0.1) is 27.7 Å². The number of carbonyl (C=O) groups excluding carboxylic acids is 2. The maximum atomic E-state index is 13.0. The number of hydrogen-bond acceptors (Lipinski definition) is 7. The first kappa shape index (κ1) is 22.3. The number of nitrogens with zero attached hydrogens (tertiary/aromatic N) is 2. The highest BCUT2D eigenvalue weighted by atomic mass is 32.2. The lowest BCUT2D eigenvalue weighted by molar-refractivity contribution is -0.113. The van der Waals surface area contributed by atoms with Gasteiger partial charge in [0.15, 0.2) is 5.16 Å². The molecule has 3 heterocycles. The second-order valence-electron chi connectivity index (χ2n) is 6.75. The molecule has 0 aliphatic heterocycles. The molecule has 0 aromatic carbocycles. The SMILES string of the molecule is C=CCn1c(SCC(=O)Nc2sc(C)c(C)c2C(N)=O)nc2sc(C)c(C)c2c1=O. The van der Waals surface area contributed by atoms with Gasteiger partial charge in [0.05, 0.1) is 16.7 Å². The maximum Gasteiger partial charge on any atom is 0.263 e. The van der Waals surface area contributed by atoms with Gasteiger partial charge in [-0.2, -0.15) is 0 Å². The number of rotatable bonds is 7. The average molecular weight is 463 g/mol. The second kappa shape index (κ2) is 8.75. The number of hydrogen-bond donors (Lipinski definition) is 2. The standard InChI is InChI=1S/C20H22N4O3S3/c1-6-7-24-19(27)15-10(3)12(5)30-18(15)23-20(24)28-8-13(25)22-17-14(16(21)26)9(2)11(4)29-17/h6H,1,7-8H2,2-5H3,(H2,21,26)(H,22,25). The number of amides is 2. The Morgan fingerprint density at radius 2 is 1.87 bits per heavy atom. The zero-order valence-electron chi connectivity index (χ0n) is 17.1. The van der Waals surface area contributed by atoms with Crippen LogP contribution in [0.5, 0.6) is 0 Å². The summed E-state index contributed by atoms with van der Waals surface area (Å²) in [6.07, 6.45) is 1.63. The van der Waals surface area contributed by atoms with E-state index in [1.165, 1.54) is 39.0 Å². The van der Waals surface area contributed by atoms with Gasteiger partial charge in [-0.25, -0.2) is 4.98 Å². The molecule has 7 nitrogen and oxygen atoms in total. The Labute approximate surface area is 186 Å². The number of primary amides is 1. The van der Waals surface area contributed by atoms with E-state index in [4.69, 9.17) is 5.73 Å². The molecule has 0 fully saturated rings. The number of fused-ring (bicyclic) bond motifs is 1. The molecule has 0 radical (unpaired) electrons. The van der Waals surface area contributed by atoms with Crippen LogP contribution < -0.4 is 16.6 Å². The minimum Gasteiger partial charge on any atom is -0.365 e. The van der Waals surface area contributed by atoms with Crippen molar-refractivity contribution in [3.05, 3.63) is 49.5 Å². The van der Waals surface area contributed by atoms with Crippen molar-refractivity contribution < 1.29 is 9.59 Å². The van der Waals surface area contributed by atoms with Crippen molar-refractivity contribution in [3.8, 4) is 0 Å². The highest BCUT2D eigenvalue weighted by Crippen LogP contribution is 2.32. The fourth-order valence-corrected chi connectivity index (χ4v) is 5.97. The summed E-state index contributed by atoms with van der Waals surface area (Å²) >= 11 is 3.95. The summed E-state index contributed by atoms with van der Waals surface area (Å²) in [5, 5.41) is 4.28. The Hall–Kier alpha value is -2.43. The quantitative estimate of drug-likeness (QED) is 0.316. The van der Waals surface area contributed by atoms with Gasteiger partial charge in [-0.15, -0.1) is 29.3 Å². The maximum absolute atomic E-state index is 13.0. The van der Waals surface area contributed by atoms with Crippen LogP contribution in [0.15, 0.2) is 22.6 Å². The molecule has 0 bridgehead atoms. The fourth-order valence-electron chi connectivity index (χ4n) is 3.01. The molecule has 2 amide bonds. The van der Waals surface area contributed by atoms with E-state index in [1.54, 1.807) is 13.0 Å². The van der Waals surface area contributed by atoms with E-state index >= 15 is 0 Å². The fraction of sp³-hybridized carbons (Fsp3) is 0.300. The first-order chi connectivity index (χ1) is 14.1. The van der Waals surface area contributed by atoms with Gasteiger partial charge in [-0.1, -0.05) is 17.8 Å². The third-order valence-corrected chi connectivity index (χ3v) is 7.98. The highest BCUT2D eigenvalue weighted by molar-refractivity contribution is 7.99. The Morgan fingerprint density at radius 1 is 1.20 bits per heavy atom. The summed E-state index contributed by atoms with van der Waals surface area (Å²) in [6, 6.07) is 0. The minimum absolute atomic E-state index is 0.0344. The van der Waals surface area contributed by atoms with Crippen LogP contribution in [0.4, 0.5) is 5.00 Å². The van der Waals surface area contributed by atoms with E-state index < -0.39 is 5.91 Å². The summed E-state index contributed by atoms with van der Waals surface area (Å²) in [5.74, 6) is -0.843. The number of carbonyl (C=O) groups is 2. The van der Waals surface area contributed by atoms with E-state index in [0.717, 1.165) is 20.9 Å². The summed E-state index contributed by atoms with van der Waals surface area (Å²) in [7, 11) is 0. The lowest BCUT2D eigenvalue weighted by atomic mass is 10.1. The summed E-state index contributed by atoms with van der Waals surface area (Å²) in [6.45, 7) is 11.6. The number of thioether (sulfide) groups is 1. The summed E-state index contributed by atoms with van der Waals surface area (Å²) in [4.78, 5) is 44.5. The van der Waals surface area contributed by atoms with E-state index in [2.05, 4.69) is 16.9 Å². The number of nitrogens with two attached hydrogens (primary N) is 1. The van der Waals surface area contributed by atoms with Gasteiger partial charge in [0.1, 0.15) is 9.83 Å². The van der Waals surface area contributed by atoms with Crippen LogP contribution in [0.3, 0.4) is 0 Å². The molecule has 0 atom stereocenters. The number of nitrogens with one attached hydrogen (secondary N) is 1. The number of aromatic nitrogens is 2. The van der Waals surface area contributed by atoms with Crippen LogP contribution in [0.25, 0.3) is 10.2 Å². The average Bonchev–Trinajstić information content (AvgIpc) is 3.11.